The smallest absolute Gasteiger partial charge is 0.497 e. The quantitative estimate of drug-likeness (QED) is 0.0142. The average molecular weight is 1270 g/mol. The molecule has 28 heteroatoms. The molecule has 2 saturated heterocycles. The number of fused-ring (bicyclic) bond motifs is 2. The Hall–Kier alpha value is -6.56. The summed E-state index contributed by atoms with van der Waals surface area (Å²) in [6.07, 6.45) is -2.29. The molecule has 4 aromatic heterocycles. The first kappa shape index (κ1) is 62.5. The third-order valence-electron chi connectivity index (χ3n) is 15.5. The summed E-state index contributed by atoms with van der Waals surface area (Å²) in [6.45, 7) is 15.0. The fourth-order valence-corrected chi connectivity index (χ4v) is 14.4. The fraction of sp³-hybridized carbons (Fsp3) is 0.379. The van der Waals surface area contributed by atoms with Crippen molar-refractivity contribution < 1.29 is 60.5 Å². The number of alkyl halides is 1. The van der Waals surface area contributed by atoms with Crippen LogP contribution in [0.5, 0.6) is 11.5 Å². The van der Waals surface area contributed by atoms with E-state index in [1.165, 1.54) is 23.5 Å². The molecule has 0 saturated carbocycles. The van der Waals surface area contributed by atoms with Crippen LogP contribution in [0.3, 0.4) is 0 Å². The number of halogens is 1. The van der Waals surface area contributed by atoms with Crippen LogP contribution >= 0.6 is 26.6 Å². The number of amides is 1. The van der Waals surface area contributed by atoms with Crippen molar-refractivity contribution in [2.75, 3.05) is 45.9 Å². The van der Waals surface area contributed by atoms with E-state index in [9.17, 15) is 14.3 Å². The van der Waals surface area contributed by atoms with Crippen molar-refractivity contribution >= 4 is 80.8 Å². The predicted octanol–water partition coefficient (Wildman–Crippen LogP) is 10.6. The van der Waals surface area contributed by atoms with Gasteiger partial charge in [-0.3, -0.25) is 18.5 Å². The van der Waals surface area contributed by atoms with E-state index in [4.69, 9.17) is 81.2 Å². The van der Waals surface area contributed by atoms with Crippen LogP contribution in [0.4, 0.5) is 5.82 Å². The third-order valence-corrected chi connectivity index (χ3v) is 23.2. The summed E-state index contributed by atoms with van der Waals surface area (Å²) in [7, 11) is -2.90. The van der Waals surface area contributed by atoms with Gasteiger partial charge in [-0.1, -0.05) is 93.6 Å². The molecule has 2 aliphatic rings. The lowest BCUT2D eigenvalue weighted by Crippen LogP contribution is -2.50. The highest BCUT2D eigenvalue weighted by Crippen LogP contribution is 2.57. The Morgan fingerprint density at radius 1 is 0.767 bits per heavy atom. The second kappa shape index (κ2) is 26.4. The zero-order valence-electron chi connectivity index (χ0n) is 48.2. The molecule has 0 bridgehead atoms. The number of imidazole rings is 2. The molecule has 1 amide bonds. The molecule has 2 aliphatic heterocycles. The minimum Gasteiger partial charge on any atom is -0.497 e. The van der Waals surface area contributed by atoms with Crippen molar-refractivity contribution in [3.63, 3.8) is 0 Å². The first-order valence-corrected chi connectivity index (χ1v) is 34.3. The van der Waals surface area contributed by atoms with Crippen molar-refractivity contribution in [2.24, 2.45) is 0 Å². The highest BCUT2D eigenvalue weighted by molar-refractivity contribution is 8.07. The Morgan fingerprint density at radius 3 is 1.93 bits per heavy atom. The standard InChI is InChI=1S/C58H63ClN10O13P2SSi/c1-36-46-52(63-32-61-36)69(34-65-46)56-50(49(82-86(8,9)57(2,3)4)43(79-56)30-75-58(38-18-14-11-15-19-38,39-20-24-41(73-6)25-21-39)40-22-26-42(74-7)27-23-40)81-84(85,76-29-28-60-5)77-31-44-48(80-83(71)72)45(59)55(78-44)68-35-66-47-51(62-33-64-53(47)68)67-54(70)37-16-12-10-13-17-37/h10-27,32-35,43-45,48-50,55-56H,28-31H2,1-4,6-9H3,(H-,62,64,67,70,71,72)/p+1/t43-,44-,45-,48-,49-,50-,55-,56-,84?/m1/s1. The van der Waals surface area contributed by atoms with Crippen LogP contribution in [0.1, 0.15) is 66.0 Å². The number of anilines is 1. The number of methoxy groups -OCH3 is 2. The van der Waals surface area contributed by atoms with Crippen molar-refractivity contribution in [3.05, 3.63) is 174 Å². The van der Waals surface area contributed by atoms with Crippen LogP contribution in [0, 0.1) is 13.5 Å². The van der Waals surface area contributed by atoms with Gasteiger partial charge in [0.1, 0.15) is 71.7 Å². The number of nitrogens with zero attached hydrogens (tertiary/aromatic N) is 9. The van der Waals surface area contributed by atoms with Gasteiger partial charge in [-0.05, 0) is 90.0 Å². The van der Waals surface area contributed by atoms with E-state index < -0.39 is 89.8 Å². The second-order valence-electron chi connectivity index (χ2n) is 21.7. The van der Waals surface area contributed by atoms with Gasteiger partial charge in [0.05, 0.1) is 45.8 Å². The lowest BCUT2D eigenvalue weighted by atomic mass is 9.80. The Balaban J connectivity index is 1.03. The third kappa shape index (κ3) is 13.0. The summed E-state index contributed by atoms with van der Waals surface area (Å²) >= 11 is 13.5. The van der Waals surface area contributed by atoms with E-state index in [0.29, 0.717) is 33.9 Å². The number of rotatable bonds is 24. The first-order chi connectivity index (χ1) is 41.3. The van der Waals surface area contributed by atoms with Crippen LogP contribution in [0.25, 0.3) is 27.2 Å². The van der Waals surface area contributed by atoms with Gasteiger partial charge in [-0.2, -0.15) is 0 Å². The van der Waals surface area contributed by atoms with Gasteiger partial charge >= 0.3 is 15.0 Å². The largest absolute Gasteiger partial charge is 0.695 e. The molecule has 0 spiro atoms. The van der Waals surface area contributed by atoms with Crippen LogP contribution in [-0.4, -0.2) is 135 Å². The zero-order chi connectivity index (χ0) is 61.0. The topological polar surface area (TPSA) is 250 Å². The maximum absolute atomic E-state index is 13.2. The summed E-state index contributed by atoms with van der Waals surface area (Å²) in [6, 6.07) is 33.8. The molecule has 10 atom stereocenters. The van der Waals surface area contributed by atoms with E-state index in [1.807, 2.05) is 85.8 Å². The fourth-order valence-electron chi connectivity index (χ4n) is 10.1. The van der Waals surface area contributed by atoms with Gasteiger partial charge < -0.3 is 47.3 Å². The number of carbonyl (C=O) groups is 1. The molecule has 2 fully saturated rings. The number of aryl methyl sites for hydroxylation is 1. The zero-order valence-corrected chi connectivity index (χ0v) is 52.6. The summed E-state index contributed by atoms with van der Waals surface area (Å²) in [5, 5.41) is 1.24. The number of hydrogen-bond acceptors (Lipinski definition) is 19. The summed E-state index contributed by atoms with van der Waals surface area (Å²) in [5.41, 5.74) is 3.41. The molecular formula is C58H64ClN10O13P2SSi+. The van der Waals surface area contributed by atoms with Gasteiger partial charge in [0.2, 0.25) is 6.54 Å². The molecule has 2 N–H and O–H groups in total. The summed E-state index contributed by atoms with van der Waals surface area (Å²) in [5.74, 6) is 0.980. The number of ether oxygens (including phenoxy) is 5. The Bertz CT molecular complexity index is 3720. The van der Waals surface area contributed by atoms with Gasteiger partial charge in [-0.25, -0.2) is 36.5 Å². The van der Waals surface area contributed by atoms with E-state index in [0.717, 1.165) is 16.7 Å². The van der Waals surface area contributed by atoms with E-state index in [1.54, 1.807) is 55.4 Å². The maximum Gasteiger partial charge on any atom is 0.695 e. The lowest BCUT2D eigenvalue weighted by molar-refractivity contribution is -0.0930. The van der Waals surface area contributed by atoms with E-state index in [2.05, 4.69) is 68.9 Å². The number of nitrogens with one attached hydrogen (secondary N) is 1. The molecule has 4 aromatic carbocycles. The Morgan fingerprint density at radius 2 is 1.33 bits per heavy atom. The molecule has 8 aromatic rings. The molecule has 86 heavy (non-hydrogen) atoms. The molecular weight excluding hydrogens is 1200 g/mol. The lowest BCUT2D eigenvalue weighted by Gasteiger charge is -2.42. The second-order valence-corrected chi connectivity index (χ2v) is 30.6. The van der Waals surface area contributed by atoms with Crippen molar-refractivity contribution in [1.29, 1.82) is 0 Å². The number of benzene rings is 4. The monoisotopic (exact) mass is 1270 g/mol. The SMILES string of the molecule is [C-]#[N+]CCOP(=S)(OC[C@H]1O[C@@H](n2cnc3c(NC(=O)c4ccccc4)ncnc32)[C@H](Cl)[C@@H]1O[P+](=O)O)O[C@@H]1[C@H](O[Si](C)(C)C(C)(C)C)[C@@H](COC(c2ccccc2)(c2ccc(OC)cc2)c2ccc(OC)cc2)O[C@H]1n1cnc2c(C)ncnc21. The first-order valence-electron chi connectivity index (χ1n) is 27.3. The number of carbonyl (C=O) groups excluding carboxylic acids is 1. The Labute approximate surface area is 508 Å². The number of hydrogen-bond donors (Lipinski definition) is 2. The Kier molecular flexibility index (Phi) is 19.2. The van der Waals surface area contributed by atoms with Crippen LogP contribution in [0.2, 0.25) is 18.1 Å². The van der Waals surface area contributed by atoms with Crippen molar-refractivity contribution in [3.8, 4) is 11.5 Å². The van der Waals surface area contributed by atoms with Crippen LogP contribution < -0.4 is 14.8 Å². The van der Waals surface area contributed by atoms with E-state index >= 15 is 0 Å². The molecule has 450 valence electrons. The predicted molar refractivity (Wildman–Crippen MR) is 325 cm³/mol. The molecule has 2 unspecified atom stereocenters. The molecule has 0 aliphatic carbocycles. The van der Waals surface area contributed by atoms with Gasteiger partial charge in [-0.15, -0.1) is 21.0 Å². The van der Waals surface area contributed by atoms with Crippen LogP contribution in [0.15, 0.2) is 135 Å². The summed E-state index contributed by atoms with van der Waals surface area (Å²) in [4.78, 5) is 54.1. The summed E-state index contributed by atoms with van der Waals surface area (Å²) < 4.78 is 81.9. The maximum atomic E-state index is 13.2. The van der Waals surface area contributed by atoms with Gasteiger partial charge in [0, 0.05) is 10.1 Å². The molecule has 0 radical (unpaired) electrons. The van der Waals surface area contributed by atoms with Gasteiger partial charge in [0.25, 0.3) is 5.91 Å². The highest BCUT2D eigenvalue weighted by atomic mass is 35.5. The number of aromatic nitrogens is 8. The minimum absolute atomic E-state index is 0.113. The van der Waals surface area contributed by atoms with Gasteiger partial charge in [0.15, 0.2) is 49.5 Å². The molecule has 6 heterocycles. The minimum atomic E-state index is -4.17. The molecule has 23 nitrogen and oxygen atoms in total. The average Bonchev–Trinajstić information content (AvgIpc) is 1.54. The van der Waals surface area contributed by atoms with E-state index in [-0.39, 0.29) is 41.8 Å². The van der Waals surface area contributed by atoms with Crippen molar-refractivity contribution in [1.82, 2.24) is 39.0 Å². The normalized spacial score (nSPS) is 21.7. The highest BCUT2D eigenvalue weighted by Gasteiger charge is 2.56. The van der Waals surface area contributed by atoms with Crippen molar-refractivity contribution in [2.45, 2.75) is 99.8 Å². The van der Waals surface area contributed by atoms with Crippen LogP contribution in [-0.2, 0) is 58.7 Å². The molecule has 10 rings (SSSR count).